The predicted molar refractivity (Wildman–Crippen MR) is 95.3 cm³/mol. The van der Waals surface area contributed by atoms with Crippen molar-refractivity contribution in [1.29, 1.82) is 0 Å². The molecule has 0 radical (unpaired) electrons. The third-order valence-corrected chi connectivity index (χ3v) is 4.61. The van der Waals surface area contributed by atoms with Crippen molar-refractivity contribution in [2.75, 3.05) is 13.1 Å². The van der Waals surface area contributed by atoms with Crippen LogP contribution in [0.15, 0.2) is 71.3 Å². The summed E-state index contributed by atoms with van der Waals surface area (Å²) in [5.41, 5.74) is 3.58. The van der Waals surface area contributed by atoms with Crippen LogP contribution >= 0.6 is 0 Å². The monoisotopic (exact) mass is 335 g/mol. The van der Waals surface area contributed by atoms with E-state index in [1.54, 1.807) is 18.3 Å². The van der Waals surface area contributed by atoms with Gasteiger partial charge in [0, 0.05) is 12.0 Å². The van der Waals surface area contributed by atoms with E-state index in [2.05, 4.69) is 35.3 Å². The van der Waals surface area contributed by atoms with Crippen molar-refractivity contribution in [2.45, 2.75) is 13.0 Å². The zero-order valence-corrected chi connectivity index (χ0v) is 13.9. The number of nitrogens with zero attached hydrogens (tertiary/aromatic N) is 1. The molecule has 3 nitrogen and oxygen atoms in total. The molecule has 0 saturated heterocycles. The van der Waals surface area contributed by atoms with Crippen LogP contribution in [-0.2, 0) is 6.54 Å². The zero-order valence-electron chi connectivity index (χ0n) is 13.9. The quantitative estimate of drug-likeness (QED) is 0.792. The third kappa shape index (κ3) is 3.69. The van der Waals surface area contributed by atoms with E-state index in [0.29, 0.717) is 5.76 Å². The first-order chi connectivity index (χ1) is 12.3. The van der Waals surface area contributed by atoms with E-state index in [1.165, 1.54) is 28.2 Å². The summed E-state index contributed by atoms with van der Waals surface area (Å²) in [5.74, 6) is 1.17. The van der Waals surface area contributed by atoms with E-state index < -0.39 is 0 Å². The molecule has 1 aromatic heterocycles. The van der Waals surface area contributed by atoms with Crippen molar-refractivity contribution in [3.63, 3.8) is 0 Å². The van der Waals surface area contributed by atoms with Crippen LogP contribution in [0, 0.1) is 5.82 Å². The molecule has 126 valence electrons. The number of hydrogen-bond acceptors (Lipinski definition) is 2. The second-order valence-corrected chi connectivity index (χ2v) is 6.35. The number of nitrogens with one attached hydrogen (secondary N) is 1. The Morgan fingerprint density at radius 1 is 1.00 bits per heavy atom. The third-order valence-electron chi connectivity index (χ3n) is 4.61. The van der Waals surface area contributed by atoms with Gasteiger partial charge < -0.3 is 9.32 Å². The second-order valence-electron chi connectivity index (χ2n) is 6.35. The van der Waals surface area contributed by atoms with Gasteiger partial charge in [-0.05, 0) is 41.5 Å². The lowest BCUT2D eigenvalue weighted by Gasteiger charge is -2.22. The highest BCUT2D eigenvalue weighted by molar-refractivity contribution is 5.65. The fraction of sp³-hybridized carbons (Fsp3) is 0.190. The van der Waals surface area contributed by atoms with Gasteiger partial charge in [-0.1, -0.05) is 30.3 Å². The van der Waals surface area contributed by atoms with Crippen molar-refractivity contribution in [2.24, 2.45) is 0 Å². The first kappa shape index (κ1) is 15.8. The van der Waals surface area contributed by atoms with Gasteiger partial charge in [0.25, 0.3) is 5.89 Å². The first-order valence-corrected chi connectivity index (χ1v) is 8.56. The SMILES string of the molecule is Fc1ccc(-c2cnc(C[NH+]3CC=C(c4ccccc4)CC3)o2)cc1. The van der Waals surface area contributed by atoms with Crippen molar-refractivity contribution >= 4 is 5.57 Å². The smallest absolute Gasteiger partial charge is 0.250 e. The molecule has 0 aliphatic carbocycles. The molecule has 0 amide bonds. The van der Waals surface area contributed by atoms with Crippen LogP contribution in [0.5, 0.6) is 0 Å². The standard InChI is InChI=1S/C21H19FN2O/c22-19-8-6-18(7-9-19)20-14-23-21(25-20)15-24-12-10-17(11-13-24)16-4-2-1-3-5-16/h1-10,14H,11-13,15H2/p+1. The van der Waals surface area contributed by atoms with Crippen molar-refractivity contribution in [1.82, 2.24) is 4.98 Å². The summed E-state index contributed by atoms with van der Waals surface area (Å²) in [6.07, 6.45) is 5.10. The van der Waals surface area contributed by atoms with Gasteiger partial charge in [-0.3, -0.25) is 0 Å². The fourth-order valence-electron chi connectivity index (χ4n) is 3.21. The Labute approximate surface area is 146 Å². The highest BCUT2D eigenvalue weighted by atomic mass is 19.1. The summed E-state index contributed by atoms with van der Waals surface area (Å²) in [6, 6.07) is 16.8. The molecule has 2 aromatic carbocycles. The average molecular weight is 335 g/mol. The van der Waals surface area contributed by atoms with Crippen LogP contribution < -0.4 is 4.90 Å². The largest absolute Gasteiger partial charge is 0.435 e. The topological polar surface area (TPSA) is 30.5 Å². The molecule has 1 aliphatic heterocycles. The van der Waals surface area contributed by atoms with Gasteiger partial charge in [-0.2, -0.15) is 0 Å². The van der Waals surface area contributed by atoms with E-state index >= 15 is 0 Å². The van der Waals surface area contributed by atoms with Crippen molar-refractivity contribution in [3.8, 4) is 11.3 Å². The highest BCUT2D eigenvalue weighted by Crippen LogP contribution is 2.21. The van der Waals surface area contributed by atoms with Crippen LogP contribution in [0.1, 0.15) is 17.9 Å². The molecular weight excluding hydrogens is 315 g/mol. The van der Waals surface area contributed by atoms with Gasteiger partial charge in [0.05, 0.1) is 19.3 Å². The molecule has 1 N–H and O–H groups in total. The molecule has 1 atom stereocenters. The van der Waals surface area contributed by atoms with Gasteiger partial charge in [0.15, 0.2) is 12.3 Å². The highest BCUT2D eigenvalue weighted by Gasteiger charge is 2.18. The lowest BCUT2D eigenvalue weighted by Crippen LogP contribution is -3.11. The lowest BCUT2D eigenvalue weighted by atomic mass is 10.00. The maximum Gasteiger partial charge on any atom is 0.250 e. The number of aromatic nitrogens is 1. The predicted octanol–water partition coefficient (Wildman–Crippen LogP) is 3.35. The van der Waals surface area contributed by atoms with Gasteiger partial charge >= 0.3 is 0 Å². The molecule has 2 heterocycles. The molecule has 1 unspecified atom stereocenters. The Morgan fingerprint density at radius 2 is 1.80 bits per heavy atom. The number of oxazole rings is 1. The molecule has 0 spiro atoms. The second kappa shape index (κ2) is 7.03. The van der Waals surface area contributed by atoms with Crippen LogP contribution in [0.2, 0.25) is 0 Å². The first-order valence-electron chi connectivity index (χ1n) is 8.56. The molecule has 0 fully saturated rings. The Hall–Kier alpha value is -2.72. The van der Waals surface area contributed by atoms with E-state index in [0.717, 1.165) is 37.5 Å². The fourth-order valence-corrected chi connectivity index (χ4v) is 3.21. The molecule has 0 bridgehead atoms. The Bertz CT molecular complexity index is 868. The van der Waals surface area contributed by atoms with E-state index in [9.17, 15) is 4.39 Å². The van der Waals surface area contributed by atoms with Crippen LogP contribution in [-0.4, -0.2) is 18.1 Å². The van der Waals surface area contributed by atoms with Crippen molar-refractivity contribution in [3.05, 3.63) is 84.1 Å². The van der Waals surface area contributed by atoms with E-state index in [4.69, 9.17) is 4.42 Å². The maximum absolute atomic E-state index is 13.0. The maximum atomic E-state index is 13.0. The minimum atomic E-state index is -0.248. The van der Waals surface area contributed by atoms with Gasteiger partial charge in [0.1, 0.15) is 5.82 Å². The number of quaternary nitrogens is 1. The molecule has 4 rings (SSSR count). The molecule has 25 heavy (non-hydrogen) atoms. The zero-order chi connectivity index (χ0) is 17.1. The molecule has 4 heteroatoms. The average Bonchev–Trinajstić information content (AvgIpc) is 3.12. The van der Waals surface area contributed by atoms with Crippen LogP contribution in [0.3, 0.4) is 0 Å². The Kier molecular flexibility index (Phi) is 4.44. The van der Waals surface area contributed by atoms with Crippen molar-refractivity contribution < 1.29 is 13.7 Å². The Morgan fingerprint density at radius 3 is 2.52 bits per heavy atom. The summed E-state index contributed by atoms with van der Waals surface area (Å²) >= 11 is 0. The number of hydrogen-bond donors (Lipinski definition) is 1. The molecular formula is C21H20FN2O+. The van der Waals surface area contributed by atoms with Gasteiger partial charge in [-0.25, -0.2) is 9.37 Å². The molecule has 3 aromatic rings. The van der Waals surface area contributed by atoms with Crippen LogP contribution in [0.4, 0.5) is 4.39 Å². The molecule has 1 aliphatic rings. The van der Waals surface area contributed by atoms with E-state index in [1.807, 2.05) is 6.07 Å². The lowest BCUT2D eigenvalue weighted by molar-refractivity contribution is -0.910. The number of halogens is 1. The number of benzene rings is 2. The van der Waals surface area contributed by atoms with Crippen LogP contribution in [0.25, 0.3) is 16.9 Å². The minimum Gasteiger partial charge on any atom is -0.435 e. The Balaban J connectivity index is 1.41. The summed E-state index contributed by atoms with van der Waals surface area (Å²) in [5, 5.41) is 0. The number of rotatable bonds is 4. The summed E-state index contributed by atoms with van der Waals surface area (Å²) in [4.78, 5) is 5.82. The van der Waals surface area contributed by atoms with Gasteiger partial charge in [0.2, 0.25) is 0 Å². The molecule has 0 saturated carbocycles. The summed E-state index contributed by atoms with van der Waals surface area (Å²) in [7, 11) is 0. The minimum absolute atomic E-state index is 0.248. The normalized spacial score (nSPS) is 17.3. The van der Waals surface area contributed by atoms with Gasteiger partial charge in [-0.15, -0.1) is 0 Å². The van der Waals surface area contributed by atoms with E-state index in [-0.39, 0.29) is 5.82 Å². The summed E-state index contributed by atoms with van der Waals surface area (Å²) < 4.78 is 18.9. The summed E-state index contributed by atoms with van der Waals surface area (Å²) in [6.45, 7) is 2.80.